The van der Waals surface area contributed by atoms with Crippen molar-refractivity contribution in [3.8, 4) is 5.75 Å². The lowest BCUT2D eigenvalue weighted by Crippen LogP contribution is -2.47. The average molecular weight is 396 g/mol. The summed E-state index contributed by atoms with van der Waals surface area (Å²) in [4.78, 5) is 0. The van der Waals surface area contributed by atoms with Crippen LogP contribution in [0, 0.1) is 5.82 Å². The van der Waals surface area contributed by atoms with Gasteiger partial charge in [-0.15, -0.1) is 0 Å². The summed E-state index contributed by atoms with van der Waals surface area (Å²) in [6.45, 7) is 2.99. The van der Waals surface area contributed by atoms with E-state index in [0.29, 0.717) is 5.52 Å². The van der Waals surface area contributed by atoms with Crippen LogP contribution in [0.1, 0.15) is 31.5 Å². The smallest absolute Gasteiger partial charge is 0.423 e. The maximum absolute atomic E-state index is 14.0. The Bertz CT molecular complexity index is 964. The van der Waals surface area contributed by atoms with E-state index >= 15 is 0 Å². The van der Waals surface area contributed by atoms with Gasteiger partial charge in [-0.25, -0.2) is 8.91 Å². The molecule has 2 heterocycles. The van der Waals surface area contributed by atoms with Gasteiger partial charge in [0.2, 0.25) is 5.60 Å². The highest BCUT2D eigenvalue weighted by atomic mass is 19.4. The first kappa shape index (κ1) is 20.1. The fourth-order valence-electron chi connectivity index (χ4n) is 3.42. The third kappa shape index (κ3) is 3.44. The molecule has 3 aromatic rings. The molecule has 3 rings (SSSR count). The summed E-state index contributed by atoms with van der Waals surface area (Å²) < 4.78 is 62.3. The summed E-state index contributed by atoms with van der Waals surface area (Å²) in [7, 11) is 1.35. The number of methoxy groups -OCH3 is 1. The van der Waals surface area contributed by atoms with Gasteiger partial charge in [-0.05, 0) is 41.8 Å². The molecule has 0 aliphatic carbocycles. The second-order valence-corrected chi connectivity index (χ2v) is 7.36. The molecule has 4 nitrogen and oxygen atoms in total. The highest BCUT2D eigenvalue weighted by molar-refractivity contribution is 5.49. The molecule has 0 saturated carbocycles. The van der Waals surface area contributed by atoms with E-state index < -0.39 is 35.1 Å². The molecule has 1 aromatic carbocycles. The van der Waals surface area contributed by atoms with Crippen LogP contribution in [-0.2, 0) is 11.0 Å². The first-order valence-corrected chi connectivity index (χ1v) is 8.56. The first-order chi connectivity index (χ1) is 13.0. The molecule has 150 valence electrons. The number of halogens is 4. The van der Waals surface area contributed by atoms with Gasteiger partial charge < -0.3 is 9.84 Å². The fraction of sp³-hybridized carbons (Fsp3) is 0.350. The van der Waals surface area contributed by atoms with Crippen molar-refractivity contribution in [3.63, 3.8) is 0 Å². The van der Waals surface area contributed by atoms with Gasteiger partial charge in [0.15, 0.2) is 0 Å². The molecule has 0 spiro atoms. The average Bonchev–Trinajstić information content (AvgIpc) is 3.05. The van der Waals surface area contributed by atoms with Gasteiger partial charge in [0.25, 0.3) is 0 Å². The topological polar surface area (TPSA) is 46.8 Å². The Morgan fingerprint density at radius 3 is 2.43 bits per heavy atom. The van der Waals surface area contributed by atoms with Crippen LogP contribution in [0.2, 0.25) is 0 Å². The van der Waals surface area contributed by atoms with E-state index in [4.69, 9.17) is 4.74 Å². The van der Waals surface area contributed by atoms with Gasteiger partial charge in [-0.1, -0.05) is 19.9 Å². The zero-order chi connectivity index (χ0) is 20.7. The molecule has 0 aliphatic heterocycles. The molecule has 0 radical (unpaired) electrons. The number of hydrogen-bond donors (Lipinski definition) is 1. The van der Waals surface area contributed by atoms with Crippen LogP contribution >= 0.6 is 0 Å². The van der Waals surface area contributed by atoms with E-state index in [1.807, 2.05) is 0 Å². The van der Waals surface area contributed by atoms with Crippen LogP contribution in [0.25, 0.3) is 5.52 Å². The molecule has 2 aromatic heterocycles. The Labute approximate surface area is 159 Å². The van der Waals surface area contributed by atoms with E-state index in [-0.39, 0.29) is 11.3 Å². The molecule has 1 atom stereocenters. The minimum absolute atomic E-state index is 0.224. The van der Waals surface area contributed by atoms with Crippen molar-refractivity contribution in [1.82, 2.24) is 9.61 Å². The maximum atomic E-state index is 14.0. The monoisotopic (exact) mass is 396 g/mol. The van der Waals surface area contributed by atoms with E-state index in [1.165, 1.54) is 43.8 Å². The van der Waals surface area contributed by atoms with Crippen LogP contribution < -0.4 is 4.74 Å². The van der Waals surface area contributed by atoms with E-state index in [1.54, 1.807) is 18.2 Å². The lowest BCUT2D eigenvalue weighted by Gasteiger charge is -2.37. The van der Waals surface area contributed by atoms with Crippen molar-refractivity contribution in [3.05, 3.63) is 65.7 Å². The van der Waals surface area contributed by atoms with Crippen LogP contribution in [0.4, 0.5) is 17.6 Å². The number of hydrogen-bond acceptors (Lipinski definition) is 3. The summed E-state index contributed by atoms with van der Waals surface area (Å²) in [5.74, 6) is -0.363. The summed E-state index contributed by atoms with van der Waals surface area (Å²) in [5, 5.41) is 14.7. The number of nitrogens with zero attached hydrogens (tertiary/aromatic N) is 2. The number of benzene rings is 1. The quantitative estimate of drug-likeness (QED) is 0.641. The molecule has 8 heteroatoms. The highest BCUT2D eigenvalue weighted by Crippen LogP contribution is 2.48. The van der Waals surface area contributed by atoms with Crippen molar-refractivity contribution in [1.29, 1.82) is 0 Å². The third-order valence-corrected chi connectivity index (χ3v) is 4.85. The van der Waals surface area contributed by atoms with Crippen molar-refractivity contribution < 1.29 is 27.4 Å². The molecule has 0 saturated heterocycles. The van der Waals surface area contributed by atoms with Gasteiger partial charge in [0, 0.05) is 18.2 Å². The minimum atomic E-state index is -5.00. The largest absolute Gasteiger partial charge is 0.496 e. The van der Waals surface area contributed by atoms with Crippen molar-refractivity contribution in [2.45, 2.75) is 37.5 Å². The normalized spacial score (nSPS) is 14.9. The second-order valence-electron chi connectivity index (χ2n) is 7.36. The number of aromatic nitrogens is 2. The Morgan fingerprint density at radius 2 is 1.82 bits per heavy atom. The van der Waals surface area contributed by atoms with E-state index in [2.05, 4.69) is 5.10 Å². The minimum Gasteiger partial charge on any atom is -0.496 e. The molecule has 0 aliphatic rings. The number of pyridine rings is 1. The van der Waals surface area contributed by atoms with Gasteiger partial charge in [-0.3, -0.25) is 0 Å². The first-order valence-electron chi connectivity index (χ1n) is 8.56. The van der Waals surface area contributed by atoms with E-state index in [0.717, 1.165) is 12.1 Å². The lowest BCUT2D eigenvalue weighted by molar-refractivity contribution is -0.275. The SMILES string of the molecule is COc1ccc(F)cc1C(C)(C)CC(O)(c1cc2ccccn2n1)C(F)(F)F. The molecular formula is C20H20F4N2O2. The van der Waals surface area contributed by atoms with Gasteiger partial charge >= 0.3 is 6.18 Å². The number of ether oxygens (including phenoxy) is 1. The van der Waals surface area contributed by atoms with Crippen molar-refractivity contribution in [2.75, 3.05) is 7.11 Å². The number of rotatable bonds is 5. The summed E-state index contributed by atoms with van der Waals surface area (Å²) in [6, 6.07) is 9.72. The summed E-state index contributed by atoms with van der Waals surface area (Å²) in [6.07, 6.45) is -4.27. The molecule has 0 amide bonds. The number of aliphatic hydroxyl groups is 1. The van der Waals surface area contributed by atoms with Crippen LogP contribution in [0.15, 0.2) is 48.7 Å². The third-order valence-electron chi connectivity index (χ3n) is 4.85. The molecule has 1 unspecified atom stereocenters. The predicted molar refractivity (Wildman–Crippen MR) is 95.7 cm³/mol. The molecule has 28 heavy (non-hydrogen) atoms. The molecular weight excluding hydrogens is 376 g/mol. The number of alkyl halides is 3. The van der Waals surface area contributed by atoms with Gasteiger partial charge in [0.1, 0.15) is 17.3 Å². The highest BCUT2D eigenvalue weighted by Gasteiger charge is 2.59. The Kier molecular flexibility index (Phi) is 4.87. The van der Waals surface area contributed by atoms with Crippen molar-refractivity contribution >= 4 is 5.52 Å². The molecule has 0 bridgehead atoms. The summed E-state index contributed by atoms with van der Waals surface area (Å²) >= 11 is 0. The second kappa shape index (κ2) is 6.77. The van der Waals surface area contributed by atoms with E-state index in [9.17, 15) is 22.7 Å². The van der Waals surface area contributed by atoms with Crippen LogP contribution in [0.5, 0.6) is 5.75 Å². The Morgan fingerprint density at radius 1 is 1.11 bits per heavy atom. The van der Waals surface area contributed by atoms with Gasteiger partial charge in [0.05, 0.1) is 12.6 Å². The maximum Gasteiger partial charge on any atom is 0.423 e. The molecule has 0 fully saturated rings. The number of fused-ring (bicyclic) bond motifs is 1. The summed E-state index contributed by atoms with van der Waals surface area (Å²) in [5.41, 5.74) is -4.40. The van der Waals surface area contributed by atoms with Crippen LogP contribution in [0.3, 0.4) is 0 Å². The zero-order valence-electron chi connectivity index (χ0n) is 15.6. The van der Waals surface area contributed by atoms with Crippen molar-refractivity contribution in [2.24, 2.45) is 0 Å². The van der Waals surface area contributed by atoms with Gasteiger partial charge in [-0.2, -0.15) is 18.3 Å². The molecule has 1 N–H and O–H groups in total. The Balaban J connectivity index is 2.11. The predicted octanol–water partition coefficient (Wildman–Crippen LogP) is 4.60. The lowest BCUT2D eigenvalue weighted by atomic mass is 9.73. The standard InChI is InChI=1S/C20H20F4N2O2/c1-18(2,15-10-13(21)7-8-16(15)28-3)12-19(27,20(22,23)24)17-11-14-6-4-5-9-26(14)25-17/h4-11,27H,12H2,1-3H3. The fourth-order valence-corrected chi connectivity index (χ4v) is 3.42. The zero-order valence-corrected chi connectivity index (χ0v) is 15.6. The Hall–Kier alpha value is -2.61. The van der Waals surface area contributed by atoms with Crippen LogP contribution in [-0.4, -0.2) is 28.0 Å².